The van der Waals surface area contributed by atoms with E-state index in [-0.39, 0.29) is 12.5 Å². The number of thiocarbonyl (C=S) groups is 1. The minimum atomic E-state index is -0.123. The van der Waals surface area contributed by atoms with Gasteiger partial charge in [-0.25, -0.2) is 0 Å². The molecular weight excluding hydrogens is 224 g/mol. The lowest BCUT2D eigenvalue weighted by atomic mass is 10.3. The molecule has 88 valence electrons. The van der Waals surface area contributed by atoms with Crippen LogP contribution in [0.1, 0.15) is 23.1 Å². The van der Waals surface area contributed by atoms with Gasteiger partial charge in [-0.1, -0.05) is 19.1 Å². The van der Waals surface area contributed by atoms with Crippen LogP contribution in [0, 0.1) is 0 Å². The molecule has 0 aliphatic carbocycles. The predicted molar refractivity (Wildman–Crippen MR) is 66.3 cm³/mol. The van der Waals surface area contributed by atoms with E-state index in [0.717, 1.165) is 12.1 Å². The van der Waals surface area contributed by atoms with E-state index in [9.17, 15) is 4.79 Å². The SMILES string of the molecule is CCc1cc(C(=O)N(C)CC(N)=S)n(C)n1. The number of hydrogen-bond acceptors (Lipinski definition) is 3. The Labute approximate surface area is 100 Å². The zero-order valence-electron chi connectivity index (χ0n) is 9.73. The number of carbonyl (C=O) groups excluding carboxylic acids is 1. The van der Waals surface area contributed by atoms with Crippen LogP contribution in [0.15, 0.2) is 6.07 Å². The van der Waals surface area contributed by atoms with Crippen LogP contribution in [-0.2, 0) is 13.5 Å². The Morgan fingerprint density at radius 2 is 2.31 bits per heavy atom. The Balaban J connectivity index is 2.87. The maximum absolute atomic E-state index is 12.0. The van der Waals surface area contributed by atoms with Gasteiger partial charge in [0.05, 0.1) is 17.2 Å². The summed E-state index contributed by atoms with van der Waals surface area (Å²) in [5.74, 6) is -0.123. The van der Waals surface area contributed by atoms with Crippen molar-refractivity contribution in [1.82, 2.24) is 14.7 Å². The van der Waals surface area contributed by atoms with Crippen molar-refractivity contribution in [3.8, 4) is 0 Å². The van der Waals surface area contributed by atoms with Crippen molar-refractivity contribution in [2.24, 2.45) is 12.8 Å². The molecule has 0 spiro atoms. The van der Waals surface area contributed by atoms with Crippen LogP contribution in [-0.4, -0.2) is 39.2 Å². The third-order valence-electron chi connectivity index (χ3n) is 2.25. The molecule has 0 atom stereocenters. The van der Waals surface area contributed by atoms with Gasteiger partial charge in [0, 0.05) is 14.1 Å². The summed E-state index contributed by atoms with van der Waals surface area (Å²) in [7, 11) is 3.42. The van der Waals surface area contributed by atoms with E-state index in [1.54, 1.807) is 24.8 Å². The van der Waals surface area contributed by atoms with Crippen molar-refractivity contribution in [3.05, 3.63) is 17.5 Å². The van der Waals surface area contributed by atoms with Gasteiger partial charge in [0.25, 0.3) is 5.91 Å². The van der Waals surface area contributed by atoms with Gasteiger partial charge in [-0.15, -0.1) is 0 Å². The summed E-state index contributed by atoms with van der Waals surface area (Å²) in [6, 6.07) is 1.79. The highest BCUT2D eigenvalue weighted by molar-refractivity contribution is 7.80. The van der Waals surface area contributed by atoms with Crippen LogP contribution < -0.4 is 5.73 Å². The fourth-order valence-corrected chi connectivity index (χ4v) is 1.59. The highest BCUT2D eigenvalue weighted by atomic mass is 32.1. The van der Waals surface area contributed by atoms with Crippen LogP contribution in [0.4, 0.5) is 0 Å². The number of hydrogen-bond donors (Lipinski definition) is 1. The summed E-state index contributed by atoms with van der Waals surface area (Å²) in [6.07, 6.45) is 0.806. The molecule has 0 bridgehead atoms. The van der Waals surface area contributed by atoms with Gasteiger partial charge in [0.1, 0.15) is 5.69 Å². The zero-order valence-corrected chi connectivity index (χ0v) is 10.5. The smallest absolute Gasteiger partial charge is 0.272 e. The molecule has 1 rings (SSSR count). The van der Waals surface area contributed by atoms with Crippen LogP contribution in [0.3, 0.4) is 0 Å². The molecule has 1 amide bonds. The van der Waals surface area contributed by atoms with Crippen LogP contribution in [0.25, 0.3) is 0 Å². The van der Waals surface area contributed by atoms with E-state index in [1.807, 2.05) is 6.92 Å². The van der Waals surface area contributed by atoms with Crippen molar-refractivity contribution in [1.29, 1.82) is 0 Å². The van der Waals surface area contributed by atoms with Gasteiger partial charge in [0.15, 0.2) is 0 Å². The van der Waals surface area contributed by atoms with Crippen molar-refractivity contribution >= 4 is 23.1 Å². The Morgan fingerprint density at radius 3 is 2.75 bits per heavy atom. The molecule has 0 fully saturated rings. The Bertz CT molecular complexity index is 413. The van der Waals surface area contributed by atoms with E-state index < -0.39 is 0 Å². The highest BCUT2D eigenvalue weighted by Crippen LogP contribution is 2.06. The molecule has 1 aromatic rings. The predicted octanol–water partition coefficient (Wildman–Crippen LogP) is 0.341. The molecular formula is C10H16N4OS. The average Bonchev–Trinajstić information content (AvgIpc) is 2.57. The maximum Gasteiger partial charge on any atom is 0.272 e. The number of amides is 1. The molecule has 6 heteroatoms. The van der Waals surface area contributed by atoms with Crippen molar-refractivity contribution in [3.63, 3.8) is 0 Å². The molecule has 0 radical (unpaired) electrons. The molecule has 5 nitrogen and oxygen atoms in total. The third-order valence-corrected chi connectivity index (χ3v) is 2.38. The van der Waals surface area contributed by atoms with Crippen molar-refractivity contribution in [2.75, 3.05) is 13.6 Å². The molecule has 1 heterocycles. The summed E-state index contributed by atoms with van der Waals surface area (Å²) in [6.45, 7) is 2.27. The normalized spacial score (nSPS) is 10.2. The topological polar surface area (TPSA) is 64.2 Å². The molecule has 2 N–H and O–H groups in total. The summed E-state index contributed by atoms with van der Waals surface area (Å²) >= 11 is 4.76. The first-order valence-corrected chi connectivity index (χ1v) is 5.43. The highest BCUT2D eigenvalue weighted by Gasteiger charge is 2.17. The van der Waals surface area contributed by atoms with E-state index in [4.69, 9.17) is 18.0 Å². The largest absolute Gasteiger partial charge is 0.392 e. The second-order valence-electron chi connectivity index (χ2n) is 3.63. The molecule has 16 heavy (non-hydrogen) atoms. The van der Waals surface area contributed by atoms with E-state index >= 15 is 0 Å². The number of carbonyl (C=O) groups is 1. The van der Waals surface area contributed by atoms with E-state index in [2.05, 4.69) is 5.10 Å². The minimum absolute atomic E-state index is 0.123. The lowest BCUT2D eigenvalue weighted by molar-refractivity contribution is 0.0804. The molecule has 0 aromatic carbocycles. The Morgan fingerprint density at radius 1 is 1.69 bits per heavy atom. The van der Waals surface area contributed by atoms with Crippen LogP contribution in [0.2, 0.25) is 0 Å². The number of aromatic nitrogens is 2. The van der Waals surface area contributed by atoms with Gasteiger partial charge < -0.3 is 10.6 Å². The fraction of sp³-hybridized carbons (Fsp3) is 0.500. The first-order valence-electron chi connectivity index (χ1n) is 5.02. The molecule has 0 saturated heterocycles. The molecule has 0 saturated carbocycles. The Hall–Kier alpha value is -1.43. The number of likely N-dealkylation sites (N-methyl/N-ethyl adjacent to an activating group) is 1. The van der Waals surface area contributed by atoms with Gasteiger partial charge in [-0.2, -0.15) is 5.10 Å². The standard InChI is InChI=1S/C10H16N4OS/c1-4-7-5-8(14(3)12-7)10(15)13(2)6-9(11)16/h5H,4,6H2,1-3H3,(H2,11,16). The molecule has 0 unspecified atom stereocenters. The summed E-state index contributed by atoms with van der Waals surface area (Å²) in [4.78, 5) is 13.8. The lowest BCUT2D eigenvalue weighted by Gasteiger charge is -2.15. The van der Waals surface area contributed by atoms with Gasteiger partial charge in [-0.3, -0.25) is 9.48 Å². The van der Waals surface area contributed by atoms with Crippen LogP contribution >= 0.6 is 12.2 Å². The summed E-state index contributed by atoms with van der Waals surface area (Å²) in [5.41, 5.74) is 6.84. The number of nitrogens with two attached hydrogens (primary N) is 1. The van der Waals surface area contributed by atoms with Gasteiger partial charge in [0.2, 0.25) is 0 Å². The summed E-state index contributed by atoms with van der Waals surface area (Å²) < 4.78 is 1.58. The molecule has 0 aliphatic rings. The minimum Gasteiger partial charge on any atom is -0.392 e. The number of aryl methyl sites for hydroxylation is 2. The fourth-order valence-electron chi connectivity index (χ4n) is 1.40. The second-order valence-corrected chi connectivity index (χ2v) is 4.15. The first kappa shape index (κ1) is 12.6. The van der Waals surface area contributed by atoms with Crippen molar-refractivity contribution < 1.29 is 4.79 Å². The maximum atomic E-state index is 12.0. The zero-order chi connectivity index (χ0) is 12.3. The van der Waals surface area contributed by atoms with Gasteiger partial charge >= 0.3 is 0 Å². The van der Waals surface area contributed by atoms with E-state index in [1.165, 1.54) is 4.90 Å². The number of rotatable bonds is 4. The van der Waals surface area contributed by atoms with E-state index in [0.29, 0.717) is 10.7 Å². The molecule has 0 aliphatic heterocycles. The first-order chi connectivity index (χ1) is 7.45. The van der Waals surface area contributed by atoms with Crippen LogP contribution in [0.5, 0.6) is 0 Å². The van der Waals surface area contributed by atoms with Gasteiger partial charge in [-0.05, 0) is 12.5 Å². The quantitative estimate of drug-likeness (QED) is 0.771. The van der Waals surface area contributed by atoms with Crippen molar-refractivity contribution in [2.45, 2.75) is 13.3 Å². The lowest BCUT2D eigenvalue weighted by Crippen LogP contribution is -2.35. The summed E-state index contributed by atoms with van der Waals surface area (Å²) in [5, 5.41) is 4.22. The second kappa shape index (κ2) is 5.07. The monoisotopic (exact) mass is 240 g/mol. The third kappa shape index (κ3) is 2.79. The molecule has 1 aromatic heterocycles. The Kier molecular flexibility index (Phi) is 4.00. The number of nitrogens with zero attached hydrogens (tertiary/aromatic N) is 3. The average molecular weight is 240 g/mol.